The standard InChI is InChI=1S/C20H23N3O3S/c1-11-22-16(18(27-11)12-6-8-14(26-2)9-7-12)20(25)23-10-13-4-3-5-15(13)17(23)19(21)24/h6-9,13,15,17H,3-5,10H2,1-2H3,(H2,21,24). The number of carbonyl (C=O) groups excluding carboxylic acids is 2. The van der Waals surface area contributed by atoms with Gasteiger partial charge in [0.15, 0.2) is 0 Å². The van der Waals surface area contributed by atoms with Gasteiger partial charge in [-0.1, -0.05) is 6.42 Å². The summed E-state index contributed by atoms with van der Waals surface area (Å²) in [6, 6.07) is 7.06. The van der Waals surface area contributed by atoms with E-state index in [-0.39, 0.29) is 11.8 Å². The number of thiazole rings is 1. The highest BCUT2D eigenvalue weighted by molar-refractivity contribution is 7.15. The van der Waals surface area contributed by atoms with Crippen molar-refractivity contribution >= 4 is 23.2 Å². The van der Waals surface area contributed by atoms with E-state index in [9.17, 15) is 9.59 Å². The van der Waals surface area contributed by atoms with Crippen LogP contribution in [-0.2, 0) is 4.79 Å². The minimum atomic E-state index is -0.518. The number of methoxy groups -OCH3 is 1. The summed E-state index contributed by atoms with van der Waals surface area (Å²) in [4.78, 5) is 32.5. The van der Waals surface area contributed by atoms with Crippen LogP contribution in [0.2, 0.25) is 0 Å². The van der Waals surface area contributed by atoms with E-state index in [0.717, 1.165) is 40.5 Å². The minimum absolute atomic E-state index is 0.190. The molecule has 1 saturated heterocycles. The van der Waals surface area contributed by atoms with Crippen molar-refractivity contribution < 1.29 is 14.3 Å². The van der Waals surface area contributed by atoms with Crippen molar-refractivity contribution in [3.63, 3.8) is 0 Å². The predicted molar refractivity (Wildman–Crippen MR) is 104 cm³/mol. The number of rotatable bonds is 4. The predicted octanol–water partition coefficient (Wildman–Crippen LogP) is 2.85. The molecule has 1 aromatic carbocycles. The lowest BCUT2D eigenvalue weighted by Crippen LogP contribution is -2.46. The van der Waals surface area contributed by atoms with Crippen molar-refractivity contribution in [3.05, 3.63) is 35.0 Å². The Balaban J connectivity index is 1.69. The van der Waals surface area contributed by atoms with Crippen LogP contribution >= 0.6 is 11.3 Å². The first kappa shape index (κ1) is 18.0. The summed E-state index contributed by atoms with van der Waals surface area (Å²) in [6.07, 6.45) is 3.12. The summed E-state index contributed by atoms with van der Waals surface area (Å²) in [7, 11) is 1.62. The molecule has 1 aliphatic heterocycles. The summed E-state index contributed by atoms with van der Waals surface area (Å²) in [5.74, 6) is 0.722. The molecule has 0 spiro atoms. The molecule has 3 atom stereocenters. The van der Waals surface area contributed by atoms with Crippen LogP contribution in [0.1, 0.15) is 34.8 Å². The van der Waals surface area contributed by atoms with Gasteiger partial charge in [-0.3, -0.25) is 9.59 Å². The Kier molecular flexibility index (Phi) is 4.63. The average Bonchev–Trinajstić information content (AvgIpc) is 3.34. The van der Waals surface area contributed by atoms with Crippen LogP contribution in [0.4, 0.5) is 0 Å². The van der Waals surface area contributed by atoms with E-state index >= 15 is 0 Å². The Morgan fingerprint density at radius 3 is 2.67 bits per heavy atom. The molecule has 142 valence electrons. The number of fused-ring (bicyclic) bond motifs is 1. The van der Waals surface area contributed by atoms with Gasteiger partial charge in [-0.05, 0) is 61.4 Å². The van der Waals surface area contributed by atoms with Crippen LogP contribution in [0.25, 0.3) is 10.4 Å². The van der Waals surface area contributed by atoms with Crippen LogP contribution in [0.5, 0.6) is 5.75 Å². The zero-order valence-electron chi connectivity index (χ0n) is 15.5. The maximum absolute atomic E-state index is 13.4. The first-order valence-corrected chi connectivity index (χ1v) is 10.0. The minimum Gasteiger partial charge on any atom is -0.497 e. The quantitative estimate of drug-likeness (QED) is 0.877. The fraction of sp³-hybridized carbons (Fsp3) is 0.450. The van der Waals surface area contributed by atoms with Crippen LogP contribution in [0, 0.1) is 18.8 Å². The highest BCUT2D eigenvalue weighted by atomic mass is 32.1. The Morgan fingerprint density at radius 2 is 2.00 bits per heavy atom. The molecular formula is C20H23N3O3S. The number of aromatic nitrogens is 1. The number of amides is 2. The van der Waals surface area contributed by atoms with Crippen LogP contribution in [0.3, 0.4) is 0 Å². The van der Waals surface area contributed by atoms with Crippen LogP contribution in [-0.4, -0.2) is 41.4 Å². The van der Waals surface area contributed by atoms with Crippen molar-refractivity contribution in [3.8, 4) is 16.2 Å². The van der Waals surface area contributed by atoms with Gasteiger partial charge in [0.05, 0.1) is 17.0 Å². The molecule has 2 heterocycles. The number of carbonyl (C=O) groups is 2. The maximum Gasteiger partial charge on any atom is 0.274 e. The van der Waals surface area contributed by atoms with Gasteiger partial charge in [-0.25, -0.2) is 4.98 Å². The molecule has 1 saturated carbocycles. The summed E-state index contributed by atoms with van der Waals surface area (Å²) in [5.41, 5.74) is 7.01. The van der Waals surface area contributed by atoms with E-state index in [1.54, 1.807) is 12.0 Å². The van der Waals surface area contributed by atoms with E-state index in [1.165, 1.54) is 11.3 Å². The Labute approximate surface area is 162 Å². The molecule has 6 nitrogen and oxygen atoms in total. The number of primary amides is 1. The summed E-state index contributed by atoms with van der Waals surface area (Å²) in [6.45, 7) is 2.48. The maximum atomic E-state index is 13.4. The molecule has 0 bridgehead atoms. The highest BCUT2D eigenvalue weighted by Crippen LogP contribution is 2.43. The monoisotopic (exact) mass is 385 g/mol. The van der Waals surface area contributed by atoms with Crippen molar-refractivity contribution in [2.75, 3.05) is 13.7 Å². The molecular weight excluding hydrogens is 362 g/mol. The second kappa shape index (κ2) is 6.96. The fourth-order valence-electron chi connectivity index (χ4n) is 4.53. The number of aryl methyl sites for hydroxylation is 1. The summed E-state index contributed by atoms with van der Waals surface area (Å²) < 4.78 is 5.21. The third-order valence-corrected chi connectivity index (χ3v) is 6.75. The third kappa shape index (κ3) is 3.10. The molecule has 0 radical (unpaired) electrons. The van der Waals surface area contributed by atoms with Gasteiger partial charge in [-0.15, -0.1) is 11.3 Å². The largest absolute Gasteiger partial charge is 0.497 e. The van der Waals surface area contributed by atoms with Gasteiger partial charge >= 0.3 is 0 Å². The molecule has 3 unspecified atom stereocenters. The molecule has 1 aliphatic carbocycles. The molecule has 2 aromatic rings. The summed E-state index contributed by atoms with van der Waals surface area (Å²) in [5, 5.41) is 0.819. The van der Waals surface area contributed by atoms with Crippen LogP contribution in [0.15, 0.2) is 24.3 Å². The van der Waals surface area contributed by atoms with Crippen LogP contribution < -0.4 is 10.5 Å². The lowest BCUT2D eigenvalue weighted by molar-refractivity contribution is -0.122. The van der Waals surface area contributed by atoms with Gasteiger partial charge in [0, 0.05) is 6.54 Å². The lowest BCUT2D eigenvalue weighted by Gasteiger charge is -2.25. The van der Waals surface area contributed by atoms with E-state index in [4.69, 9.17) is 10.5 Å². The normalized spacial score (nSPS) is 24.1. The number of nitrogens with zero attached hydrogens (tertiary/aromatic N) is 2. The van der Waals surface area contributed by atoms with Gasteiger partial charge in [0.2, 0.25) is 5.91 Å². The molecule has 1 aromatic heterocycles. The number of hydrogen-bond donors (Lipinski definition) is 1. The fourth-order valence-corrected chi connectivity index (χ4v) is 5.44. The number of hydrogen-bond acceptors (Lipinski definition) is 5. The van der Waals surface area contributed by atoms with E-state index < -0.39 is 11.9 Å². The van der Waals surface area contributed by atoms with Gasteiger partial charge < -0.3 is 15.4 Å². The Hall–Kier alpha value is -2.41. The molecule has 27 heavy (non-hydrogen) atoms. The van der Waals surface area contributed by atoms with Gasteiger partial charge in [0.25, 0.3) is 5.91 Å². The molecule has 2 aliphatic rings. The number of likely N-dealkylation sites (tertiary alicyclic amines) is 1. The van der Waals surface area contributed by atoms with Crippen molar-refractivity contribution in [2.24, 2.45) is 17.6 Å². The van der Waals surface area contributed by atoms with Crippen molar-refractivity contribution in [1.82, 2.24) is 9.88 Å². The Morgan fingerprint density at radius 1 is 1.26 bits per heavy atom. The number of benzene rings is 1. The average molecular weight is 385 g/mol. The van der Waals surface area contributed by atoms with E-state index in [2.05, 4.69) is 4.98 Å². The molecule has 4 rings (SSSR count). The van der Waals surface area contributed by atoms with E-state index in [1.807, 2.05) is 31.2 Å². The third-order valence-electron chi connectivity index (χ3n) is 5.73. The smallest absolute Gasteiger partial charge is 0.274 e. The molecule has 2 amide bonds. The van der Waals surface area contributed by atoms with Crippen molar-refractivity contribution in [1.29, 1.82) is 0 Å². The molecule has 2 fully saturated rings. The highest BCUT2D eigenvalue weighted by Gasteiger charge is 2.49. The van der Waals surface area contributed by atoms with Crippen molar-refractivity contribution in [2.45, 2.75) is 32.2 Å². The van der Waals surface area contributed by atoms with E-state index in [0.29, 0.717) is 18.2 Å². The zero-order valence-corrected chi connectivity index (χ0v) is 16.3. The second-order valence-corrected chi connectivity index (χ2v) is 8.50. The lowest BCUT2D eigenvalue weighted by atomic mass is 9.93. The SMILES string of the molecule is COc1ccc(-c2sc(C)nc2C(=O)N2CC3CCCC3C2C(N)=O)cc1. The summed E-state index contributed by atoms with van der Waals surface area (Å²) >= 11 is 1.48. The topological polar surface area (TPSA) is 85.5 Å². The number of ether oxygens (including phenoxy) is 1. The number of nitrogens with two attached hydrogens (primary N) is 1. The molecule has 2 N–H and O–H groups in total. The Bertz CT molecular complexity index is 877. The first-order valence-electron chi connectivity index (χ1n) is 9.21. The second-order valence-electron chi connectivity index (χ2n) is 7.30. The van der Waals surface area contributed by atoms with Gasteiger partial charge in [-0.2, -0.15) is 0 Å². The first-order chi connectivity index (χ1) is 13.0. The molecule has 7 heteroatoms. The zero-order chi connectivity index (χ0) is 19.1. The van der Waals surface area contributed by atoms with Gasteiger partial charge in [0.1, 0.15) is 17.5 Å².